The molecule has 16 aromatic rings. The number of alkyl halides is 9. The van der Waals surface area contributed by atoms with Crippen LogP contribution in [-0.4, -0.2) is 97.9 Å². The second kappa shape index (κ2) is 35.5. The largest absolute Gasteiger partial charge is 0.435 e. The zero-order valence-corrected chi connectivity index (χ0v) is 63.9. The SMILES string of the molecule is CCc1nc2ccccc2n1-c1nc(N)c(F)c(Nc2ccc(OC(F)F)c(F)c2)n1.CCc1nc2ccccc2n1-c1nc(N)c(F)c(Nc2ccc(OC(F)F)cc2)n1.Cc1nc2cc(F)c(F)cc2n1-c1nc(N)c(F)c(Nc2ccc(C(F)(F)F)cc2)n1.Nc1nc(-n2c(C3CC3)nc3ccccc32)nc(Nc2ccc(OC(F)F)c(F)c2)c1F. The van der Waals surface area contributed by atoms with Crippen LogP contribution in [0.2, 0.25) is 0 Å². The van der Waals surface area contributed by atoms with Gasteiger partial charge in [0.05, 0.1) is 49.7 Å². The summed E-state index contributed by atoms with van der Waals surface area (Å²) in [6, 6.07) is 39.6. The number of anilines is 12. The topological polar surface area (TPSA) is 354 Å². The van der Waals surface area contributed by atoms with Crippen molar-refractivity contribution >= 4 is 113 Å². The number of nitrogens with one attached hydrogen (secondary N) is 4. The lowest BCUT2D eigenvalue weighted by Crippen LogP contribution is -2.11. The molecule has 0 spiro atoms. The van der Waals surface area contributed by atoms with Crippen LogP contribution in [0.25, 0.3) is 67.9 Å². The number of hydrogen-bond acceptors (Lipinski definition) is 23. The van der Waals surface area contributed by atoms with Crippen molar-refractivity contribution in [3.8, 4) is 41.0 Å². The lowest BCUT2D eigenvalue weighted by Gasteiger charge is -2.13. The molecule has 8 heterocycles. The smallest absolute Gasteiger partial charge is 0.416 e. The summed E-state index contributed by atoms with van der Waals surface area (Å²) >= 11 is 0. The van der Waals surface area contributed by atoms with E-state index in [9.17, 15) is 74.6 Å². The average Bonchev–Trinajstić information content (AvgIpc) is 1.60. The Hall–Kier alpha value is -15.4. The van der Waals surface area contributed by atoms with Gasteiger partial charge in [0.15, 0.2) is 81.3 Å². The van der Waals surface area contributed by atoms with Crippen molar-refractivity contribution in [3.63, 3.8) is 0 Å². The van der Waals surface area contributed by atoms with Gasteiger partial charge in [0, 0.05) is 65.8 Å². The molecule has 0 saturated heterocycles. The molecule has 638 valence electrons. The van der Waals surface area contributed by atoms with E-state index < -0.39 is 113 Å². The maximum Gasteiger partial charge on any atom is 0.416 e. The van der Waals surface area contributed by atoms with Gasteiger partial charge in [0.2, 0.25) is 47.1 Å². The minimum atomic E-state index is -4.52. The molecule has 44 heteroatoms. The standard InChI is InChI=1S/C21H16F4N6O.C20H16F4N6O.C20H17F3N6O.C19H12F6N6/c22-12-9-11(7-8-15(12)32-20(24)25)27-18-16(23)17(26)29-21(30-18)31-14-4-2-1-3-13(14)28-19(31)10-5-6-10;1-2-15-27-12-5-3-4-6-13(12)30(15)20-28-17(25)16(22)18(29-20)26-10-7-8-14(11(21)9-10)31-19(23)24;1-2-15-26-13-5-3-4-6-14(13)29(15)20-27-17(24)16(21)18(28-20)25-11-7-9-12(10-8-11)30-19(22)23;1-8-27-13-6-11(20)12(21)7-14(13)31(8)18-29-16(26)15(22)17(30-18)28-10-4-2-9(3-5-10)19(23,24)25/h1-4,7-10,20H,5-6H2,(H3,26,27,29,30);3-9,19H,2H2,1H3,(H3,25,26,28,29);3-10,19H,2H2,1H3,(H3,24,25,27,28);2-7H,1H3,(H3,26,28,29,30). The lowest BCUT2D eigenvalue weighted by molar-refractivity contribution is -0.137. The number of nitrogens with two attached hydrogens (primary N) is 4. The fourth-order valence-corrected chi connectivity index (χ4v) is 12.5. The molecule has 0 radical (unpaired) electrons. The van der Waals surface area contributed by atoms with Crippen molar-refractivity contribution < 1.29 is 88.8 Å². The maximum atomic E-state index is 14.7. The van der Waals surface area contributed by atoms with Crippen LogP contribution in [0.4, 0.5) is 144 Å². The summed E-state index contributed by atoms with van der Waals surface area (Å²) in [5, 5.41) is 10.6. The molecule has 1 aliphatic carbocycles. The predicted octanol–water partition coefficient (Wildman–Crippen LogP) is 18.8. The van der Waals surface area contributed by atoms with Crippen LogP contribution in [0.1, 0.15) is 61.5 Å². The van der Waals surface area contributed by atoms with Gasteiger partial charge in [0.1, 0.15) is 29.0 Å². The number of imidazole rings is 4. The summed E-state index contributed by atoms with van der Waals surface area (Å²) in [6.07, 6.45) is -1.43. The molecular weight excluding hydrogens is 1670 g/mol. The Morgan fingerprint density at radius 1 is 0.371 bits per heavy atom. The lowest BCUT2D eigenvalue weighted by atomic mass is 10.2. The van der Waals surface area contributed by atoms with Gasteiger partial charge in [-0.15, -0.1) is 0 Å². The Morgan fingerprint density at radius 3 is 1.11 bits per heavy atom. The Kier molecular flexibility index (Phi) is 24.3. The van der Waals surface area contributed by atoms with Gasteiger partial charge in [-0.2, -0.15) is 96.9 Å². The second-order valence-corrected chi connectivity index (χ2v) is 26.5. The van der Waals surface area contributed by atoms with Gasteiger partial charge < -0.3 is 58.4 Å². The molecule has 12 N–H and O–H groups in total. The van der Waals surface area contributed by atoms with E-state index in [1.54, 1.807) is 13.7 Å². The number of aryl methyl sites for hydroxylation is 3. The van der Waals surface area contributed by atoms with Crippen LogP contribution < -0.4 is 58.4 Å². The number of benzene rings is 8. The minimum absolute atomic E-state index is 0.0172. The van der Waals surface area contributed by atoms with E-state index in [2.05, 4.69) is 95.3 Å². The summed E-state index contributed by atoms with van der Waals surface area (Å²) in [5.74, 6) is -9.55. The third kappa shape index (κ3) is 18.6. The van der Waals surface area contributed by atoms with Gasteiger partial charge in [0.25, 0.3) is 0 Å². The Labute approximate surface area is 686 Å². The molecule has 0 aliphatic heterocycles. The van der Waals surface area contributed by atoms with Gasteiger partial charge in [-0.1, -0.05) is 50.2 Å². The van der Waals surface area contributed by atoms with Crippen molar-refractivity contribution in [2.45, 2.75) is 78.4 Å². The van der Waals surface area contributed by atoms with Crippen LogP contribution in [0, 0.1) is 53.5 Å². The van der Waals surface area contributed by atoms with E-state index in [0.29, 0.717) is 41.2 Å². The normalized spacial score (nSPS) is 12.0. The van der Waals surface area contributed by atoms with Gasteiger partial charge in [-0.25, -0.2) is 37.5 Å². The first-order valence-electron chi connectivity index (χ1n) is 36.6. The number of rotatable bonds is 21. The van der Waals surface area contributed by atoms with E-state index in [-0.39, 0.29) is 92.7 Å². The molecule has 1 fully saturated rings. The summed E-state index contributed by atoms with van der Waals surface area (Å²) in [7, 11) is 0. The minimum Gasteiger partial charge on any atom is -0.435 e. The van der Waals surface area contributed by atoms with Crippen LogP contribution in [0.5, 0.6) is 17.2 Å². The first kappa shape index (κ1) is 85.0. The Balaban J connectivity index is 0.000000135. The van der Waals surface area contributed by atoms with Crippen LogP contribution in [0.3, 0.4) is 0 Å². The van der Waals surface area contributed by atoms with Crippen molar-refractivity contribution in [1.82, 2.24) is 78.1 Å². The molecule has 27 nitrogen and oxygen atoms in total. The molecule has 0 amide bonds. The predicted molar refractivity (Wildman–Crippen MR) is 423 cm³/mol. The van der Waals surface area contributed by atoms with Crippen molar-refractivity contribution in [2.24, 2.45) is 0 Å². The monoisotopic (exact) mass is 1730 g/mol. The van der Waals surface area contributed by atoms with Crippen molar-refractivity contribution in [3.05, 3.63) is 245 Å². The highest BCUT2D eigenvalue weighted by Crippen LogP contribution is 2.43. The number of ether oxygens (including phenoxy) is 3. The van der Waals surface area contributed by atoms with Gasteiger partial charge in [-0.05, 0) is 129 Å². The highest BCUT2D eigenvalue weighted by atomic mass is 19.4. The molecule has 0 atom stereocenters. The number of nitrogen functional groups attached to an aromatic ring is 4. The quantitative estimate of drug-likeness (QED) is 0.0310. The first-order chi connectivity index (χ1) is 59.3. The number of hydrogen-bond donors (Lipinski definition) is 8. The highest BCUT2D eigenvalue weighted by molar-refractivity contribution is 5.82. The van der Waals surface area contributed by atoms with E-state index in [4.69, 9.17) is 22.9 Å². The molecule has 124 heavy (non-hydrogen) atoms. The zero-order valence-electron chi connectivity index (χ0n) is 63.9. The molecule has 1 aliphatic rings. The van der Waals surface area contributed by atoms with Crippen LogP contribution in [-0.2, 0) is 19.0 Å². The first-order valence-corrected chi connectivity index (χ1v) is 36.6. The molecular formula is C80H61F17N24O3. The van der Waals surface area contributed by atoms with Crippen LogP contribution >= 0.6 is 0 Å². The number of halogens is 17. The average molecular weight is 1730 g/mol. The zero-order chi connectivity index (χ0) is 88.3. The van der Waals surface area contributed by atoms with E-state index in [1.807, 2.05) is 86.6 Å². The highest BCUT2D eigenvalue weighted by Gasteiger charge is 2.33. The summed E-state index contributed by atoms with van der Waals surface area (Å²) < 4.78 is 244. The van der Waals surface area contributed by atoms with Crippen molar-refractivity contribution in [2.75, 3.05) is 44.2 Å². The van der Waals surface area contributed by atoms with Gasteiger partial charge in [-0.3, -0.25) is 18.3 Å². The summed E-state index contributed by atoms with van der Waals surface area (Å²) in [6.45, 7) is -3.92. The third-order valence-electron chi connectivity index (χ3n) is 18.2. The summed E-state index contributed by atoms with van der Waals surface area (Å²) in [5.41, 5.74) is 27.4. The van der Waals surface area contributed by atoms with E-state index >= 15 is 0 Å². The van der Waals surface area contributed by atoms with Crippen molar-refractivity contribution in [1.29, 1.82) is 0 Å². The van der Waals surface area contributed by atoms with E-state index in [0.717, 1.165) is 101 Å². The molecule has 8 aromatic heterocycles. The van der Waals surface area contributed by atoms with Crippen LogP contribution in [0.15, 0.2) is 170 Å². The van der Waals surface area contributed by atoms with Gasteiger partial charge >= 0.3 is 26.0 Å². The Bertz CT molecular complexity index is 6650. The molecule has 0 bridgehead atoms. The van der Waals surface area contributed by atoms with E-state index in [1.165, 1.54) is 47.9 Å². The fraction of sp³-hybridized carbons (Fsp3) is 0.150. The molecule has 8 aromatic carbocycles. The molecule has 17 rings (SSSR count). The number of para-hydroxylation sites is 6. The second-order valence-electron chi connectivity index (χ2n) is 26.5. The number of nitrogens with zero attached hydrogens (tertiary/aromatic N) is 16. The number of fused-ring (bicyclic) bond motifs is 4. The molecule has 0 unspecified atom stereocenters. The maximum absolute atomic E-state index is 14.7. The third-order valence-corrected chi connectivity index (χ3v) is 18.2. The fourth-order valence-electron chi connectivity index (χ4n) is 12.5. The summed E-state index contributed by atoms with van der Waals surface area (Å²) in [4.78, 5) is 50.7. The molecule has 1 saturated carbocycles. The Morgan fingerprint density at radius 2 is 0.726 bits per heavy atom. The number of aromatic nitrogens is 16.